The molecule has 0 spiro atoms. The van der Waals surface area contributed by atoms with Crippen LogP contribution in [0.15, 0.2) is 188 Å². The second-order valence-electron chi connectivity index (χ2n) is 16.2. The first kappa shape index (κ1) is 33.9. The average Bonchev–Trinajstić information content (AvgIpc) is 3.90. The highest BCUT2D eigenvalue weighted by molar-refractivity contribution is 7.25. The largest absolute Gasteiger partial charge is 0.309 e. The predicted molar refractivity (Wildman–Crippen MR) is 249 cm³/mol. The predicted octanol–water partition coefficient (Wildman–Crippen LogP) is 14.9. The summed E-state index contributed by atoms with van der Waals surface area (Å²) in [6, 6.07) is 68.2. The molecule has 3 heterocycles. The molecule has 1 aliphatic carbocycles. The van der Waals surface area contributed by atoms with Gasteiger partial charge in [-0.3, -0.25) is 0 Å². The van der Waals surface area contributed by atoms with Gasteiger partial charge in [0.25, 0.3) is 0 Å². The van der Waals surface area contributed by atoms with E-state index in [0.29, 0.717) is 0 Å². The zero-order chi connectivity index (χ0) is 39.2. The fourth-order valence-corrected chi connectivity index (χ4v) is 10.5. The molecular weight excluding hydrogens is 735 g/mol. The Morgan fingerprint density at radius 3 is 1.69 bits per heavy atom. The molecule has 3 nitrogen and oxygen atoms in total. The number of aromatic nitrogens is 3. The number of thiophene rings is 1. The highest BCUT2D eigenvalue weighted by atomic mass is 32.1. The Kier molecular flexibility index (Phi) is 7.44. The molecule has 0 aliphatic heterocycles. The first-order chi connectivity index (χ1) is 29.0. The first-order valence-electron chi connectivity index (χ1n) is 20.2. The molecular formula is C55H37N3S. The van der Waals surface area contributed by atoms with E-state index < -0.39 is 0 Å². The van der Waals surface area contributed by atoms with Crippen molar-refractivity contribution in [3.05, 3.63) is 199 Å². The SMILES string of the molecule is CC1(C)c2ccccc2-c2cc3c4cc(-c5ccc6sc7ccc(-c8cc(-c9ccccc9)nc(-c9ccccc9)n8)cc7c6c5)ccc4n(-c4ccccc4)c3cc21. The van der Waals surface area contributed by atoms with E-state index in [0.717, 1.165) is 33.9 Å². The van der Waals surface area contributed by atoms with E-state index in [4.69, 9.17) is 9.97 Å². The molecule has 59 heavy (non-hydrogen) atoms. The molecule has 12 rings (SSSR count). The normalized spacial score (nSPS) is 13.1. The van der Waals surface area contributed by atoms with Gasteiger partial charge in [0, 0.05) is 58.7 Å². The minimum absolute atomic E-state index is 0.0797. The lowest BCUT2D eigenvalue weighted by Crippen LogP contribution is -2.14. The Balaban J connectivity index is 1.02. The van der Waals surface area contributed by atoms with Gasteiger partial charge in [0.05, 0.1) is 22.4 Å². The molecule has 278 valence electrons. The third kappa shape index (κ3) is 5.34. The summed E-state index contributed by atoms with van der Waals surface area (Å²) in [5, 5.41) is 5.03. The molecule has 8 aromatic carbocycles. The minimum Gasteiger partial charge on any atom is -0.309 e. The summed E-state index contributed by atoms with van der Waals surface area (Å²) < 4.78 is 4.99. The molecule has 3 aromatic heterocycles. The Morgan fingerprint density at radius 2 is 0.966 bits per heavy atom. The maximum Gasteiger partial charge on any atom is 0.160 e. The van der Waals surface area contributed by atoms with Crippen molar-refractivity contribution < 1.29 is 0 Å². The first-order valence-corrected chi connectivity index (χ1v) is 21.0. The van der Waals surface area contributed by atoms with Gasteiger partial charge < -0.3 is 4.57 Å². The van der Waals surface area contributed by atoms with Crippen molar-refractivity contribution in [1.29, 1.82) is 0 Å². The van der Waals surface area contributed by atoms with Crippen molar-refractivity contribution in [1.82, 2.24) is 14.5 Å². The Labute approximate surface area is 346 Å². The molecule has 0 unspecified atom stereocenters. The van der Waals surface area contributed by atoms with Crippen molar-refractivity contribution in [3.8, 4) is 61.8 Å². The lowest BCUT2D eigenvalue weighted by Gasteiger charge is -2.21. The minimum atomic E-state index is -0.0797. The van der Waals surface area contributed by atoms with Crippen LogP contribution < -0.4 is 0 Å². The summed E-state index contributed by atoms with van der Waals surface area (Å²) in [6.45, 7) is 4.73. The molecule has 1 aliphatic rings. The smallest absolute Gasteiger partial charge is 0.160 e. The summed E-state index contributed by atoms with van der Waals surface area (Å²) in [5.41, 5.74) is 16.4. The van der Waals surface area contributed by atoms with E-state index >= 15 is 0 Å². The molecule has 0 fully saturated rings. The number of rotatable bonds is 5. The average molecular weight is 772 g/mol. The van der Waals surface area contributed by atoms with Crippen LogP contribution in [0.3, 0.4) is 0 Å². The third-order valence-corrected chi connectivity index (χ3v) is 13.6. The van der Waals surface area contributed by atoms with Gasteiger partial charge in [-0.25, -0.2) is 9.97 Å². The van der Waals surface area contributed by atoms with Crippen LogP contribution in [0.2, 0.25) is 0 Å². The second-order valence-corrected chi connectivity index (χ2v) is 17.3. The summed E-state index contributed by atoms with van der Waals surface area (Å²) in [7, 11) is 0. The highest BCUT2D eigenvalue weighted by Crippen LogP contribution is 2.51. The van der Waals surface area contributed by atoms with Crippen LogP contribution in [0, 0.1) is 0 Å². The quantitative estimate of drug-likeness (QED) is 0.174. The van der Waals surface area contributed by atoms with Gasteiger partial charge in [-0.15, -0.1) is 11.3 Å². The van der Waals surface area contributed by atoms with Crippen LogP contribution >= 0.6 is 11.3 Å². The van der Waals surface area contributed by atoms with Gasteiger partial charge in [-0.2, -0.15) is 0 Å². The molecule has 0 saturated heterocycles. The van der Waals surface area contributed by atoms with Gasteiger partial charge in [0.1, 0.15) is 0 Å². The fraction of sp³-hybridized carbons (Fsp3) is 0.0545. The summed E-state index contributed by atoms with van der Waals surface area (Å²) in [4.78, 5) is 10.2. The van der Waals surface area contributed by atoms with E-state index in [1.807, 2.05) is 35.6 Å². The summed E-state index contributed by atoms with van der Waals surface area (Å²) in [5.74, 6) is 0.724. The maximum atomic E-state index is 5.15. The Morgan fingerprint density at radius 1 is 0.407 bits per heavy atom. The van der Waals surface area contributed by atoms with Crippen LogP contribution in [0.1, 0.15) is 25.0 Å². The molecule has 0 saturated carbocycles. The van der Waals surface area contributed by atoms with Gasteiger partial charge in [-0.05, 0) is 100 Å². The van der Waals surface area contributed by atoms with Crippen LogP contribution in [0.5, 0.6) is 0 Å². The standard InChI is InChI=1S/C55H37N3S/c1-55(2)46-21-13-12-20-40(46)41-31-43-42-28-36(22-25-50(42)58(51(43)32-47(41)55)39-18-10-5-11-19-39)37-23-26-52-44(29-37)45-30-38(24-27-53(45)59-52)49-33-48(34-14-6-3-7-15-34)56-54(57-49)35-16-8-4-9-17-35/h3-33H,1-2H3. The molecule has 0 N–H and O–H groups in total. The Hall–Kier alpha value is -7.14. The molecule has 0 amide bonds. The van der Waals surface area contributed by atoms with Crippen molar-refractivity contribution >= 4 is 53.3 Å². The van der Waals surface area contributed by atoms with Gasteiger partial charge >= 0.3 is 0 Å². The number of hydrogen-bond acceptors (Lipinski definition) is 3. The number of benzene rings is 8. The molecule has 4 heteroatoms. The van der Waals surface area contributed by atoms with Gasteiger partial charge in [0.15, 0.2) is 5.82 Å². The third-order valence-electron chi connectivity index (χ3n) is 12.4. The van der Waals surface area contributed by atoms with Crippen LogP contribution in [0.25, 0.3) is 104 Å². The Bertz CT molecular complexity index is 3390. The molecule has 0 bridgehead atoms. The summed E-state index contributed by atoms with van der Waals surface area (Å²) >= 11 is 1.84. The van der Waals surface area contributed by atoms with E-state index in [9.17, 15) is 0 Å². The zero-order valence-electron chi connectivity index (χ0n) is 32.6. The number of fused-ring (bicyclic) bond motifs is 9. The zero-order valence-corrected chi connectivity index (χ0v) is 33.5. The van der Waals surface area contributed by atoms with Gasteiger partial charge in [-0.1, -0.05) is 135 Å². The van der Waals surface area contributed by atoms with E-state index in [1.54, 1.807) is 0 Å². The monoisotopic (exact) mass is 771 g/mol. The van der Waals surface area contributed by atoms with Crippen molar-refractivity contribution in [2.45, 2.75) is 19.3 Å². The number of para-hydroxylation sites is 1. The van der Waals surface area contributed by atoms with Crippen molar-refractivity contribution in [2.75, 3.05) is 0 Å². The summed E-state index contributed by atoms with van der Waals surface area (Å²) in [6.07, 6.45) is 0. The van der Waals surface area contributed by atoms with Crippen molar-refractivity contribution in [3.63, 3.8) is 0 Å². The van der Waals surface area contributed by atoms with Gasteiger partial charge in [0.2, 0.25) is 0 Å². The topological polar surface area (TPSA) is 30.7 Å². The van der Waals surface area contributed by atoms with Crippen LogP contribution in [0.4, 0.5) is 0 Å². The molecule has 0 atom stereocenters. The lowest BCUT2D eigenvalue weighted by molar-refractivity contribution is 0.661. The van der Waals surface area contributed by atoms with E-state index in [1.165, 1.54) is 81.0 Å². The maximum absolute atomic E-state index is 5.15. The highest BCUT2D eigenvalue weighted by Gasteiger charge is 2.36. The van der Waals surface area contributed by atoms with E-state index in [2.05, 4.69) is 182 Å². The van der Waals surface area contributed by atoms with E-state index in [-0.39, 0.29) is 5.41 Å². The fourth-order valence-electron chi connectivity index (χ4n) is 9.43. The molecule has 0 radical (unpaired) electrons. The van der Waals surface area contributed by atoms with Crippen LogP contribution in [-0.2, 0) is 5.41 Å². The van der Waals surface area contributed by atoms with Crippen LogP contribution in [-0.4, -0.2) is 14.5 Å². The number of hydrogen-bond donors (Lipinski definition) is 0. The second kappa shape index (κ2) is 12.9. The number of nitrogens with zero attached hydrogens (tertiary/aromatic N) is 3. The molecule has 11 aromatic rings. The lowest BCUT2D eigenvalue weighted by atomic mass is 9.82. The van der Waals surface area contributed by atoms with Crippen molar-refractivity contribution in [2.24, 2.45) is 0 Å².